The van der Waals surface area contributed by atoms with E-state index in [-0.39, 0.29) is 25.6 Å². The van der Waals surface area contributed by atoms with Crippen molar-refractivity contribution in [3.05, 3.63) is 83.4 Å². The van der Waals surface area contributed by atoms with Gasteiger partial charge in [0.05, 0.1) is 17.8 Å². The average Bonchev–Trinajstić information content (AvgIpc) is 2.87. The molecule has 1 aliphatic rings. The molecule has 0 saturated heterocycles. The number of aliphatic hydroxyl groups excluding tert-OH is 1. The van der Waals surface area contributed by atoms with Gasteiger partial charge in [-0.3, -0.25) is 4.99 Å². The molecule has 0 aromatic heterocycles. The van der Waals surface area contributed by atoms with Gasteiger partial charge in [0.15, 0.2) is 0 Å². The largest absolute Gasteiger partial charge is 0.394 e. The molecule has 5 nitrogen and oxygen atoms in total. The lowest BCUT2D eigenvalue weighted by atomic mass is 9.97. The number of alkyl halides is 3. The van der Waals surface area contributed by atoms with Gasteiger partial charge >= 0.3 is 6.18 Å². The fourth-order valence-electron chi connectivity index (χ4n) is 4.13. The van der Waals surface area contributed by atoms with Gasteiger partial charge in [0.25, 0.3) is 0 Å². The van der Waals surface area contributed by atoms with Crippen LogP contribution in [0.15, 0.2) is 66.2 Å². The molecule has 2 atom stereocenters. The van der Waals surface area contributed by atoms with E-state index in [2.05, 4.69) is 23.3 Å². The number of nitrogens with zero attached hydrogens (tertiary/aromatic N) is 1. The summed E-state index contributed by atoms with van der Waals surface area (Å²) in [5.74, 6) is 0. The van der Waals surface area contributed by atoms with Crippen molar-refractivity contribution in [3.63, 3.8) is 0 Å². The maximum atomic E-state index is 12.7. The number of aryl methyl sites for hydroxylation is 1. The Morgan fingerprint density at radius 3 is 2.57 bits per heavy atom. The lowest BCUT2D eigenvalue weighted by Gasteiger charge is -2.29. The Bertz CT molecular complexity index is 1120. The molecular formula is C29H37F3N4O. The van der Waals surface area contributed by atoms with Gasteiger partial charge in [-0.2, -0.15) is 13.2 Å². The summed E-state index contributed by atoms with van der Waals surface area (Å²) in [7, 11) is 0. The lowest BCUT2D eigenvalue weighted by molar-refractivity contribution is -0.135. The number of hydrogen-bond acceptors (Lipinski definition) is 5. The van der Waals surface area contributed by atoms with Crippen LogP contribution in [0.2, 0.25) is 0 Å². The van der Waals surface area contributed by atoms with Crippen LogP contribution in [0.3, 0.4) is 0 Å². The van der Waals surface area contributed by atoms with Crippen LogP contribution in [-0.2, 0) is 6.54 Å². The first kappa shape index (κ1) is 28.6. The minimum atomic E-state index is -4.16. The minimum Gasteiger partial charge on any atom is -0.394 e. The monoisotopic (exact) mass is 514 g/mol. The van der Waals surface area contributed by atoms with Crippen molar-refractivity contribution in [2.45, 2.75) is 63.8 Å². The van der Waals surface area contributed by atoms with Gasteiger partial charge in [0, 0.05) is 43.4 Å². The molecule has 0 saturated carbocycles. The Morgan fingerprint density at radius 1 is 1.19 bits per heavy atom. The zero-order chi connectivity index (χ0) is 27.1. The van der Waals surface area contributed by atoms with E-state index in [9.17, 15) is 18.3 Å². The zero-order valence-corrected chi connectivity index (χ0v) is 21.5. The van der Waals surface area contributed by atoms with E-state index >= 15 is 0 Å². The van der Waals surface area contributed by atoms with Crippen molar-refractivity contribution in [1.29, 1.82) is 0 Å². The topological polar surface area (TPSA) is 82.7 Å². The number of nitrogens with one attached hydrogen (secondary N) is 2. The highest BCUT2D eigenvalue weighted by atomic mass is 19.4. The molecule has 0 amide bonds. The number of hydrogen-bond donors (Lipinski definition) is 4. The molecular weight excluding hydrogens is 477 g/mol. The molecule has 8 heteroatoms. The first-order valence-corrected chi connectivity index (χ1v) is 12.5. The summed E-state index contributed by atoms with van der Waals surface area (Å²) in [6.07, 6.45) is -2.01. The van der Waals surface area contributed by atoms with E-state index in [1.165, 1.54) is 0 Å². The molecule has 0 spiro atoms. The van der Waals surface area contributed by atoms with Crippen LogP contribution in [0.25, 0.3) is 11.4 Å². The van der Waals surface area contributed by atoms with Crippen LogP contribution in [0, 0.1) is 6.92 Å². The second kappa shape index (κ2) is 12.5. The highest BCUT2D eigenvalue weighted by Crippen LogP contribution is 2.27. The van der Waals surface area contributed by atoms with Crippen molar-refractivity contribution in [3.8, 4) is 0 Å². The second-order valence-electron chi connectivity index (χ2n) is 9.98. The molecule has 3 rings (SSSR count). The Balaban J connectivity index is 1.71. The molecule has 0 bridgehead atoms. The lowest BCUT2D eigenvalue weighted by Crippen LogP contribution is -2.50. The van der Waals surface area contributed by atoms with E-state index < -0.39 is 18.1 Å². The average molecular weight is 515 g/mol. The van der Waals surface area contributed by atoms with Gasteiger partial charge in [0.1, 0.15) is 0 Å². The predicted octanol–water partition coefficient (Wildman–Crippen LogP) is 5.34. The summed E-state index contributed by atoms with van der Waals surface area (Å²) >= 11 is 0. The van der Waals surface area contributed by atoms with Crippen molar-refractivity contribution in [2.75, 3.05) is 13.2 Å². The number of halogens is 3. The van der Waals surface area contributed by atoms with Gasteiger partial charge in [-0.15, -0.1) is 0 Å². The summed E-state index contributed by atoms with van der Waals surface area (Å²) in [5.41, 5.74) is 11.3. The number of rotatable bonds is 12. The molecule has 2 aromatic rings. The number of nitrogens with two attached hydrogens (primary N) is 1. The maximum absolute atomic E-state index is 12.7. The molecule has 5 N–H and O–H groups in total. The first-order valence-electron chi connectivity index (χ1n) is 12.5. The van der Waals surface area contributed by atoms with E-state index in [4.69, 9.17) is 10.7 Å². The Hall–Kier alpha value is -2.94. The van der Waals surface area contributed by atoms with Crippen molar-refractivity contribution in [2.24, 2.45) is 10.7 Å². The quantitative estimate of drug-likeness (QED) is 0.308. The van der Waals surface area contributed by atoms with E-state index in [0.717, 1.165) is 33.7 Å². The van der Waals surface area contributed by atoms with Crippen LogP contribution >= 0.6 is 0 Å². The van der Waals surface area contributed by atoms with Crippen molar-refractivity contribution in [1.82, 2.24) is 10.6 Å². The highest BCUT2D eigenvalue weighted by Gasteiger charge is 2.27. The molecule has 200 valence electrons. The summed E-state index contributed by atoms with van der Waals surface area (Å²) < 4.78 is 38.1. The summed E-state index contributed by atoms with van der Waals surface area (Å²) in [4.78, 5) is 4.71. The van der Waals surface area contributed by atoms with Crippen molar-refractivity contribution >= 4 is 17.1 Å². The zero-order valence-electron chi connectivity index (χ0n) is 21.5. The van der Waals surface area contributed by atoms with Crippen LogP contribution in [0.4, 0.5) is 13.2 Å². The van der Waals surface area contributed by atoms with Crippen LogP contribution < -0.4 is 16.4 Å². The van der Waals surface area contributed by atoms with Crippen molar-refractivity contribution < 1.29 is 18.3 Å². The van der Waals surface area contributed by atoms with Gasteiger partial charge in [-0.1, -0.05) is 54.6 Å². The third-order valence-electron chi connectivity index (χ3n) is 6.46. The minimum absolute atomic E-state index is 0.0307. The standard InChI is InChI=1S/C29H37F3N4O/c1-20-9-11-23(12-10-20)27-16-26(15-25(35-27)8-5-13-29(30,31)32)34-17-22-6-4-7-24(14-22)21(2)36-28(3,18-33)19-37/h4,6-7,9-12,14,16,26,34,36-37H,2,5,8,13,15,17-19,33H2,1,3H3. The maximum Gasteiger partial charge on any atom is 0.389 e. The molecule has 0 radical (unpaired) electrons. The fourth-order valence-corrected chi connectivity index (χ4v) is 4.13. The predicted molar refractivity (Wildman–Crippen MR) is 145 cm³/mol. The highest BCUT2D eigenvalue weighted by molar-refractivity contribution is 5.92. The normalized spacial score (nSPS) is 17.5. The van der Waals surface area contributed by atoms with Crippen LogP contribution in [0.1, 0.15) is 54.9 Å². The SMILES string of the molecule is C=C(NC(C)(CN)CO)c1cccc(CNC2C=C(c3ccc(C)cc3)N=C(CCCC(F)(F)F)C2)c1. The fraction of sp³-hybridized carbons (Fsp3) is 0.414. The summed E-state index contributed by atoms with van der Waals surface area (Å²) in [6, 6.07) is 15.8. The van der Waals surface area contributed by atoms with Gasteiger partial charge in [-0.25, -0.2) is 0 Å². The van der Waals surface area contributed by atoms with E-state index in [1.807, 2.05) is 62.4 Å². The first-order chi connectivity index (χ1) is 17.5. The van der Waals surface area contributed by atoms with Crippen LogP contribution in [-0.4, -0.2) is 41.7 Å². The molecule has 0 fully saturated rings. The van der Waals surface area contributed by atoms with Gasteiger partial charge in [-0.05, 0) is 55.5 Å². The van der Waals surface area contributed by atoms with E-state index in [0.29, 0.717) is 25.1 Å². The summed E-state index contributed by atoms with van der Waals surface area (Å²) in [5, 5.41) is 16.4. The Morgan fingerprint density at radius 2 is 1.92 bits per heavy atom. The number of aliphatic hydroxyl groups is 1. The third kappa shape index (κ3) is 8.84. The number of benzene rings is 2. The van der Waals surface area contributed by atoms with Gasteiger partial charge in [0.2, 0.25) is 0 Å². The molecule has 0 aliphatic carbocycles. The smallest absolute Gasteiger partial charge is 0.389 e. The molecule has 1 aliphatic heterocycles. The molecule has 2 unspecified atom stereocenters. The Labute approximate surface area is 217 Å². The molecule has 2 aromatic carbocycles. The van der Waals surface area contributed by atoms with Crippen LogP contribution in [0.5, 0.6) is 0 Å². The second-order valence-corrected chi connectivity index (χ2v) is 9.98. The molecule has 37 heavy (non-hydrogen) atoms. The molecule has 1 heterocycles. The third-order valence-corrected chi connectivity index (χ3v) is 6.46. The van der Waals surface area contributed by atoms with Gasteiger partial charge < -0.3 is 21.5 Å². The number of aliphatic imine (C=N–C) groups is 1. The Kier molecular flexibility index (Phi) is 9.70. The summed E-state index contributed by atoms with van der Waals surface area (Å²) in [6.45, 7) is 8.64. The van der Waals surface area contributed by atoms with E-state index in [1.54, 1.807) is 0 Å².